The van der Waals surface area contributed by atoms with E-state index in [1.54, 1.807) is 10.8 Å². The summed E-state index contributed by atoms with van der Waals surface area (Å²) in [5.74, 6) is 0.804. The van der Waals surface area contributed by atoms with Crippen LogP contribution in [-0.2, 0) is 14.2 Å². The van der Waals surface area contributed by atoms with E-state index in [0.29, 0.717) is 0 Å². The van der Waals surface area contributed by atoms with E-state index in [4.69, 9.17) is 18.9 Å². The summed E-state index contributed by atoms with van der Waals surface area (Å²) in [7, 11) is 0. The van der Waals surface area contributed by atoms with Gasteiger partial charge in [-0.15, -0.1) is 0 Å². The second-order valence-corrected chi connectivity index (χ2v) is 9.35. The van der Waals surface area contributed by atoms with E-state index in [1.807, 2.05) is 45.0 Å². The van der Waals surface area contributed by atoms with Gasteiger partial charge in [-0.3, -0.25) is 14.4 Å². The van der Waals surface area contributed by atoms with Crippen molar-refractivity contribution in [2.24, 2.45) is 0 Å². The van der Waals surface area contributed by atoms with Gasteiger partial charge in [-0.25, -0.2) is 4.79 Å². The Balaban J connectivity index is 1.46. The third kappa shape index (κ3) is 6.01. The molecule has 8 nitrogen and oxygen atoms in total. The molecule has 32 heavy (non-hydrogen) atoms. The SMILES string of the molecule is CC(C)(C)OC(=O)n1ccc2cc(OC(CCN3CCOCC3)N3CCOCC3)ccc21. The molecule has 4 rings (SSSR count). The van der Waals surface area contributed by atoms with Crippen molar-refractivity contribution in [3.05, 3.63) is 30.5 Å². The number of carbonyl (C=O) groups excluding carboxylic acids is 1. The molecular weight excluding hydrogens is 410 g/mol. The molecule has 0 bridgehead atoms. The Labute approximate surface area is 189 Å². The zero-order valence-electron chi connectivity index (χ0n) is 19.4. The number of morpholine rings is 2. The summed E-state index contributed by atoms with van der Waals surface area (Å²) < 4.78 is 24.6. The molecule has 0 aliphatic carbocycles. The smallest absolute Gasteiger partial charge is 0.418 e. The molecule has 2 aliphatic heterocycles. The Morgan fingerprint density at radius 2 is 1.72 bits per heavy atom. The van der Waals surface area contributed by atoms with Crippen LogP contribution in [0, 0.1) is 0 Å². The Hall–Kier alpha value is -2.13. The highest BCUT2D eigenvalue weighted by Gasteiger charge is 2.24. The molecule has 1 unspecified atom stereocenters. The normalized spacial score (nSPS) is 19.7. The zero-order valence-corrected chi connectivity index (χ0v) is 19.4. The molecule has 3 heterocycles. The van der Waals surface area contributed by atoms with Gasteiger partial charge in [-0.1, -0.05) is 0 Å². The van der Waals surface area contributed by atoms with Gasteiger partial charge in [0, 0.05) is 50.7 Å². The van der Waals surface area contributed by atoms with Crippen molar-refractivity contribution in [2.45, 2.75) is 39.0 Å². The second-order valence-electron chi connectivity index (χ2n) is 9.35. The quantitative estimate of drug-likeness (QED) is 0.677. The van der Waals surface area contributed by atoms with Gasteiger partial charge in [0.1, 0.15) is 11.4 Å². The molecule has 1 aromatic carbocycles. The van der Waals surface area contributed by atoms with Gasteiger partial charge >= 0.3 is 6.09 Å². The van der Waals surface area contributed by atoms with Gasteiger partial charge < -0.3 is 18.9 Å². The summed E-state index contributed by atoms with van der Waals surface area (Å²) in [6.07, 6.45) is 2.27. The van der Waals surface area contributed by atoms with Gasteiger partial charge in [0.25, 0.3) is 0 Å². The van der Waals surface area contributed by atoms with Crippen LogP contribution < -0.4 is 4.74 Å². The number of hydrogen-bond donors (Lipinski definition) is 0. The zero-order chi connectivity index (χ0) is 22.6. The first kappa shape index (κ1) is 23.0. The van der Waals surface area contributed by atoms with E-state index in [1.165, 1.54) is 0 Å². The van der Waals surface area contributed by atoms with Crippen molar-refractivity contribution >= 4 is 17.0 Å². The highest BCUT2D eigenvalue weighted by molar-refractivity contribution is 5.90. The minimum atomic E-state index is -0.539. The minimum absolute atomic E-state index is 0.0212. The summed E-state index contributed by atoms with van der Waals surface area (Å²) >= 11 is 0. The number of nitrogens with zero attached hydrogens (tertiary/aromatic N) is 3. The second kappa shape index (κ2) is 10.2. The van der Waals surface area contributed by atoms with Gasteiger partial charge in [0.15, 0.2) is 6.23 Å². The topological polar surface area (TPSA) is 65.4 Å². The average Bonchev–Trinajstić information content (AvgIpc) is 3.20. The van der Waals surface area contributed by atoms with Crippen LogP contribution >= 0.6 is 0 Å². The van der Waals surface area contributed by atoms with Crippen LogP contribution in [0.2, 0.25) is 0 Å². The van der Waals surface area contributed by atoms with E-state index in [0.717, 1.165) is 82.2 Å². The lowest BCUT2D eigenvalue weighted by atomic mass is 10.2. The Morgan fingerprint density at radius 3 is 2.41 bits per heavy atom. The van der Waals surface area contributed by atoms with Crippen molar-refractivity contribution in [2.75, 3.05) is 59.2 Å². The maximum absolute atomic E-state index is 12.5. The summed E-state index contributed by atoms with van der Waals surface area (Å²) in [4.78, 5) is 17.3. The molecule has 1 atom stereocenters. The Bertz CT molecular complexity index is 895. The number of hydrogen-bond acceptors (Lipinski definition) is 7. The fourth-order valence-corrected chi connectivity index (χ4v) is 4.12. The summed E-state index contributed by atoms with van der Waals surface area (Å²) in [5, 5.41) is 0.947. The molecule has 2 fully saturated rings. The van der Waals surface area contributed by atoms with Crippen molar-refractivity contribution in [1.29, 1.82) is 0 Å². The van der Waals surface area contributed by atoms with Gasteiger partial charge in [-0.05, 0) is 45.0 Å². The van der Waals surface area contributed by atoms with E-state index in [2.05, 4.69) is 9.80 Å². The fraction of sp³-hybridized carbons (Fsp3) is 0.625. The van der Waals surface area contributed by atoms with Crippen LogP contribution in [0.1, 0.15) is 27.2 Å². The number of aromatic nitrogens is 1. The number of carbonyl (C=O) groups is 1. The Kier molecular flexibility index (Phi) is 7.35. The van der Waals surface area contributed by atoms with E-state index >= 15 is 0 Å². The predicted molar refractivity (Wildman–Crippen MR) is 122 cm³/mol. The highest BCUT2D eigenvalue weighted by Crippen LogP contribution is 2.25. The average molecular weight is 446 g/mol. The molecule has 2 saturated heterocycles. The van der Waals surface area contributed by atoms with E-state index < -0.39 is 5.60 Å². The largest absolute Gasteiger partial charge is 0.475 e. The van der Waals surface area contributed by atoms with Crippen molar-refractivity contribution in [1.82, 2.24) is 14.4 Å². The standard InChI is InChI=1S/C24H35N3O5/c1-24(2,3)32-23(28)27-9-6-19-18-20(4-5-21(19)27)31-22(26-12-16-30-17-13-26)7-8-25-10-14-29-15-11-25/h4-6,9,18,22H,7-8,10-17H2,1-3H3. The number of rotatable bonds is 6. The van der Waals surface area contributed by atoms with Crippen molar-refractivity contribution in [3.63, 3.8) is 0 Å². The van der Waals surface area contributed by atoms with Gasteiger partial charge in [-0.2, -0.15) is 0 Å². The molecule has 0 N–H and O–H groups in total. The molecule has 0 saturated carbocycles. The molecule has 2 aliphatic rings. The van der Waals surface area contributed by atoms with Crippen LogP contribution in [0.4, 0.5) is 4.79 Å². The third-order valence-corrected chi connectivity index (χ3v) is 5.77. The maximum atomic E-state index is 12.5. The van der Waals surface area contributed by atoms with Crippen molar-refractivity contribution < 1.29 is 23.7 Å². The molecule has 0 amide bonds. The third-order valence-electron chi connectivity index (χ3n) is 5.77. The number of ether oxygens (including phenoxy) is 4. The van der Waals surface area contributed by atoms with Crippen LogP contribution in [0.15, 0.2) is 30.5 Å². The maximum Gasteiger partial charge on any atom is 0.418 e. The lowest BCUT2D eigenvalue weighted by Crippen LogP contribution is -2.48. The van der Waals surface area contributed by atoms with E-state index in [-0.39, 0.29) is 12.3 Å². The summed E-state index contributed by atoms with van der Waals surface area (Å²) in [6, 6.07) is 7.78. The van der Waals surface area contributed by atoms with Crippen LogP contribution in [0.25, 0.3) is 10.9 Å². The highest BCUT2D eigenvalue weighted by atomic mass is 16.6. The van der Waals surface area contributed by atoms with Crippen molar-refractivity contribution in [3.8, 4) is 5.75 Å². The first-order valence-electron chi connectivity index (χ1n) is 11.5. The first-order chi connectivity index (χ1) is 15.4. The first-order valence-corrected chi connectivity index (χ1v) is 11.5. The van der Waals surface area contributed by atoms with E-state index in [9.17, 15) is 4.79 Å². The fourth-order valence-electron chi connectivity index (χ4n) is 4.12. The minimum Gasteiger partial charge on any atom is -0.475 e. The van der Waals surface area contributed by atoms with Crippen LogP contribution in [0.5, 0.6) is 5.75 Å². The molecule has 2 aromatic rings. The molecule has 1 aromatic heterocycles. The Morgan fingerprint density at radius 1 is 1.03 bits per heavy atom. The van der Waals surface area contributed by atoms with Gasteiger partial charge in [0.05, 0.1) is 31.9 Å². The summed E-state index contributed by atoms with van der Waals surface area (Å²) in [6.45, 7) is 13.3. The lowest BCUT2D eigenvalue weighted by molar-refractivity contribution is -0.0549. The lowest BCUT2D eigenvalue weighted by Gasteiger charge is -2.36. The van der Waals surface area contributed by atoms with Crippen LogP contribution in [-0.4, -0.2) is 91.4 Å². The molecule has 0 spiro atoms. The summed E-state index contributed by atoms with van der Waals surface area (Å²) in [5.41, 5.74) is 0.269. The van der Waals surface area contributed by atoms with Crippen LogP contribution in [0.3, 0.4) is 0 Å². The van der Waals surface area contributed by atoms with Gasteiger partial charge in [0.2, 0.25) is 0 Å². The molecule has 8 heteroatoms. The predicted octanol–water partition coefficient (Wildman–Crippen LogP) is 3.18. The molecule has 176 valence electrons. The number of benzene rings is 1. The number of fused-ring (bicyclic) bond motifs is 1. The molecular formula is C24H35N3O5. The monoisotopic (exact) mass is 445 g/mol. The molecule has 0 radical (unpaired) electrons.